The average molecular weight is 503 g/mol. The number of aliphatic carboxylic acids is 2. The van der Waals surface area contributed by atoms with E-state index >= 15 is 0 Å². The molecule has 6 nitrogen and oxygen atoms in total. The van der Waals surface area contributed by atoms with Gasteiger partial charge in [0.15, 0.2) is 0 Å². The molecule has 0 unspecified atom stereocenters. The van der Waals surface area contributed by atoms with Crippen molar-refractivity contribution < 1.29 is 30.0 Å². The molecule has 0 aromatic heterocycles. The largest absolute Gasteiger partial charge is 0.481 e. The standard InChI is InChI=1S/C30H46O6/c1-25(2)11-13-30(24(35)36)14-12-27(4)17(18(30)15-25)7-8-20-26(3)16-19(31)22(32)29(6,23(33)34)21(26)9-10-28(20,27)5/h7,18-22,31-32H,8-16H2,1-6H3,(H,33,34)(H,35,36)/t18-,19-,20+,21+,22-,26-,27+,28-,29+,30-/m0/s1. The van der Waals surface area contributed by atoms with Gasteiger partial charge in [-0.05, 0) is 104 Å². The number of aliphatic hydroxyl groups is 2. The highest BCUT2D eigenvalue weighted by molar-refractivity contribution is 5.77. The van der Waals surface area contributed by atoms with Crippen LogP contribution in [0.5, 0.6) is 0 Å². The van der Waals surface area contributed by atoms with Crippen LogP contribution in [-0.2, 0) is 9.59 Å². The van der Waals surface area contributed by atoms with Crippen molar-refractivity contribution >= 4 is 11.9 Å². The molecule has 0 aliphatic heterocycles. The minimum Gasteiger partial charge on any atom is -0.481 e. The summed E-state index contributed by atoms with van der Waals surface area (Å²) in [7, 11) is 0. The number of hydrogen-bond acceptors (Lipinski definition) is 4. The van der Waals surface area contributed by atoms with E-state index in [1.165, 1.54) is 5.57 Å². The summed E-state index contributed by atoms with van der Waals surface area (Å²) in [6, 6.07) is 0. The molecule has 0 aromatic carbocycles. The van der Waals surface area contributed by atoms with E-state index < -0.39 is 40.4 Å². The topological polar surface area (TPSA) is 115 Å². The van der Waals surface area contributed by atoms with Crippen LogP contribution in [0.25, 0.3) is 0 Å². The van der Waals surface area contributed by atoms with Gasteiger partial charge in [0, 0.05) is 0 Å². The average Bonchev–Trinajstić information content (AvgIpc) is 2.77. The number of aliphatic hydroxyl groups excluding tert-OH is 2. The van der Waals surface area contributed by atoms with E-state index in [2.05, 4.69) is 40.7 Å². The summed E-state index contributed by atoms with van der Waals surface area (Å²) in [4.78, 5) is 25.3. The Bertz CT molecular complexity index is 1020. The van der Waals surface area contributed by atoms with Crippen LogP contribution < -0.4 is 0 Å². The van der Waals surface area contributed by atoms with E-state index in [0.29, 0.717) is 19.3 Å². The molecule has 0 radical (unpaired) electrons. The third-order valence-corrected chi connectivity index (χ3v) is 13.1. The molecule has 0 heterocycles. The molecule has 4 fully saturated rings. The van der Waals surface area contributed by atoms with Gasteiger partial charge in [-0.25, -0.2) is 0 Å². The van der Waals surface area contributed by atoms with Crippen LogP contribution >= 0.6 is 0 Å². The molecule has 5 rings (SSSR count). The predicted octanol–water partition coefficient (Wildman–Crippen LogP) is 5.27. The van der Waals surface area contributed by atoms with Gasteiger partial charge in [-0.15, -0.1) is 0 Å². The summed E-state index contributed by atoms with van der Waals surface area (Å²) >= 11 is 0. The first kappa shape index (κ1) is 26.2. The monoisotopic (exact) mass is 502 g/mol. The van der Waals surface area contributed by atoms with E-state index in [1.807, 2.05) is 0 Å². The number of hydrogen-bond donors (Lipinski definition) is 4. The van der Waals surface area contributed by atoms with Crippen molar-refractivity contribution in [2.45, 2.75) is 112 Å². The van der Waals surface area contributed by atoms with E-state index in [1.54, 1.807) is 6.92 Å². The second-order valence-corrected chi connectivity index (χ2v) is 15.0. The first-order valence-electron chi connectivity index (χ1n) is 14.0. The van der Waals surface area contributed by atoms with Crippen LogP contribution in [0.2, 0.25) is 0 Å². The Hall–Kier alpha value is -1.40. The minimum atomic E-state index is -1.39. The van der Waals surface area contributed by atoms with Crippen LogP contribution in [0.15, 0.2) is 11.6 Å². The van der Waals surface area contributed by atoms with Crippen molar-refractivity contribution in [3.05, 3.63) is 11.6 Å². The van der Waals surface area contributed by atoms with Crippen molar-refractivity contribution in [1.82, 2.24) is 0 Å². The maximum Gasteiger partial charge on any atom is 0.312 e. The van der Waals surface area contributed by atoms with Crippen molar-refractivity contribution in [2.24, 2.45) is 50.2 Å². The van der Waals surface area contributed by atoms with Gasteiger partial charge < -0.3 is 20.4 Å². The van der Waals surface area contributed by atoms with Crippen molar-refractivity contribution in [3.8, 4) is 0 Å². The van der Waals surface area contributed by atoms with Crippen molar-refractivity contribution in [1.29, 1.82) is 0 Å². The quantitative estimate of drug-likeness (QED) is 0.383. The second-order valence-electron chi connectivity index (χ2n) is 15.0. The van der Waals surface area contributed by atoms with Gasteiger partial charge >= 0.3 is 11.9 Å². The fourth-order valence-corrected chi connectivity index (χ4v) is 10.7. The molecule has 4 saturated carbocycles. The molecule has 6 heteroatoms. The maximum atomic E-state index is 12.8. The number of carbonyl (C=O) groups is 2. The number of allylic oxidation sites excluding steroid dienone is 2. The molecule has 0 aromatic rings. The lowest BCUT2D eigenvalue weighted by molar-refractivity contribution is -0.239. The normalized spacial score (nSPS) is 53.7. The molecule has 5 aliphatic rings. The molecule has 4 N–H and O–H groups in total. The van der Waals surface area contributed by atoms with Gasteiger partial charge in [-0.2, -0.15) is 0 Å². The fraction of sp³-hybridized carbons (Fsp3) is 0.867. The van der Waals surface area contributed by atoms with Crippen LogP contribution in [0, 0.1) is 50.2 Å². The second kappa shape index (κ2) is 7.59. The first-order valence-corrected chi connectivity index (χ1v) is 14.0. The summed E-state index contributed by atoms with van der Waals surface area (Å²) in [6.07, 6.45) is 6.80. The van der Waals surface area contributed by atoms with E-state index in [-0.39, 0.29) is 34.0 Å². The summed E-state index contributed by atoms with van der Waals surface area (Å²) in [6.45, 7) is 13.0. The van der Waals surface area contributed by atoms with Gasteiger partial charge in [0.2, 0.25) is 0 Å². The molecule has 0 amide bonds. The zero-order valence-corrected chi connectivity index (χ0v) is 22.9. The van der Waals surface area contributed by atoms with E-state index in [0.717, 1.165) is 38.5 Å². The molecule has 202 valence electrons. The lowest BCUT2D eigenvalue weighted by Crippen LogP contribution is -2.68. The smallest absolute Gasteiger partial charge is 0.312 e. The third kappa shape index (κ3) is 2.98. The van der Waals surface area contributed by atoms with E-state index in [4.69, 9.17) is 0 Å². The van der Waals surface area contributed by atoms with Gasteiger partial charge in [-0.1, -0.05) is 46.3 Å². The summed E-state index contributed by atoms with van der Waals surface area (Å²) in [5.74, 6) is -1.71. The molecule has 0 bridgehead atoms. The lowest BCUT2D eigenvalue weighted by Gasteiger charge is -2.71. The molecular formula is C30H46O6. The van der Waals surface area contributed by atoms with Gasteiger partial charge in [0.25, 0.3) is 0 Å². The number of carboxylic acids is 2. The Morgan fingerprint density at radius 3 is 2.08 bits per heavy atom. The number of fused-ring (bicyclic) bond motifs is 7. The molecule has 0 saturated heterocycles. The van der Waals surface area contributed by atoms with Crippen LogP contribution in [0.1, 0.15) is 99.3 Å². The molecule has 5 aliphatic carbocycles. The van der Waals surface area contributed by atoms with Gasteiger partial charge in [0.1, 0.15) is 0 Å². The number of rotatable bonds is 2. The summed E-state index contributed by atoms with van der Waals surface area (Å²) in [5, 5.41) is 42.6. The van der Waals surface area contributed by atoms with Crippen LogP contribution in [0.4, 0.5) is 0 Å². The highest BCUT2D eigenvalue weighted by Gasteiger charge is 2.71. The van der Waals surface area contributed by atoms with Crippen LogP contribution in [0.3, 0.4) is 0 Å². The zero-order valence-electron chi connectivity index (χ0n) is 22.9. The Labute approximate surface area is 215 Å². The van der Waals surface area contributed by atoms with Crippen molar-refractivity contribution in [3.63, 3.8) is 0 Å². The third-order valence-electron chi connectivity index (χ3n) is 13.1. The molecule has 36 heavy (non-hydrogen) atoms. The summed E-state index contributed by atoms with van der Waals surface area (Å²) < 4.78 is 0. The molecular weight excluding hydrogens is 456 g/mol. The SMILES string of the molecule is CC1(C)CC[C@]2(C(=O)O)CC[C@]3(C)C(=CC[C@@H]4[C@]5(C)C[C@H](O)[C@H](O)[C@](C)(C(=O)O)[C@@H]5CC[C@@]43C)[C@@H]2C1. The zero-order chi connectivity index (χ0) is 26.7. The molecule has 0 spiro atoms. The highest BCUT2D eigenvalue weighted by Crippen LogP contribution is 2.75. The Morgan fingerprint density at radius 2 is 1.47 bits per heavy atom. The lowest BCUT2D eigenvalue weighted by atomic mass is 9.33. The Balaban J connectivity index is 1.62. The number of carboxylic acid groups (broad SMARTS) is 2. The Kier molecular flexibility index (Phi) is 5.53. The van der Waals surface area contributed by atoms with Crippen molar-refractivity contribution in [2.75, 3.05) is 0 Å². The van der Waals surface area contributed by atoms with Gasteiger partial charge in [0.05, 0.1) is 23.0 Å². The van der Waals surface area contributed by atoms with E-state index in [9.17, 15) is 30.0 Å². The maximum absolute atomic E-state index is 12.8. The Morgan fingerprint density at radius 1 is 0.833 bits per heavy atom. The highest BCUT2D eigenvalue weighted by atomic mass is 16.4. The summed E-state index contributed by atoms with van der Waals surface area (Å²) in [5.41, 5.74) is -1.36. The predicted molar refractivity (Wildman–Crippen MR) is 136 cm³/mol. The minimum absolute atomic E-state index is 0.0314. The van der Waals surface area contributed by atoms with Gasteiger partial charge in [-0.3, -0.25) is 9.59 Å². The first-order chi connectivity index (χ1) is 16.5. The van der Waals surface area contributed by atoms with Crippen LogP contribution in [-0.4, -0.2) is 44.6 Å². The fourth-order valence-electron chi connectivity index (χ4n) is 10.7. The molecule has 10 atom stereocenters.